The van der Waals surface area contributed by atoms with E-state index in [0.29, 0.717) is 12.2 Å². The molecule has 0 aromatic carbocycles. The first-order valence-electron chi connectivity index (χ1n) is 3.68. The number of hydrogen-bond acceptors (Lipinski definition) is 2. The third-order valence-corrected chi connectivity index (χ3v) is 3.19. The lowest BCUT2D eigenvalue weighted by Crippen LogP contribution is -2.39. The van der Waals surface area contributed by atoms with E-state index in [1.54, 1.807) is 0 Å². The molecule has 11 heavy (non-hydrogen) atoms. The zero-order valence-electron chi connectivity index (χ0n) is 6.39. The van der Waals surface area contributed by atoms with Gasteiger partial charge in [-0.2, -0.15) is 11.8 Å². The first-order valence-corrected chi connectivity index (χ1v) is 4.84. The van der Waals surface area contributed by atoms with Gasteiger partial charge in [0.1, 0.15) is 6.10 Å². The minimum Gasteiger partial charge on any atom is -0.387 e. The molecule has 1 aliphatic rings. The second-order valence-corrected chi connectivity index (χ2v) is 4.06. The van der Waals surface area contributed by atoms with E-state index in [1.807, 2.05) is 0 Å². The summed E-state index contributed by atoms with van der Waals surface area (Å²) in [5, 5.41) is 8.78. The van der Waals surface area contributed by atoms with Gasteiger partial charge < -0.3 is 5.11 Å². The molecule has 0 aromatic rings. The number of alkyl halides is 2. The van der Waals surface area contributed by atoms with Crippen molar-refractivity contribution in [3.8, 4) is 0 Å². The number of thioether (sulfide) groups is 1. The van der Waals surface area contributed by atoms with E-state index in [1.165, 1.54) is 11.8 Å². The van der Waals surface area contributed by atoms with Gasteiger partial charge in [-0.05, 0) is 19.1 Å². The molecular formula is C7H12F2OS. The van der Waals surface area contributed by atoms with Gasteiger partial charge in [0.25, 0.3) is 5.92 Å². The highest BCUT2D eigenvalue weighted by molar-refractivity contribution is 7.99. The fraction of sp³-hybridized carbons (Fsp3) is 1.00. The maximum Gasteiger partial charge on any atom is 0.276 e. The van der Waals surface area contributed by atoms with E-state index in [-0.39, 0.29) is 0 Å². The lowest BCUT2D eigenvalue weighted by atomic mass is 9.97. The van der Waals surface area contributed by atoms with Crippen LogP contribution in [0.25, 0.3) is 0 Å². The van der Waals surface area contributed by atoms with Crippen molar-refractivity contribution in [2.24, 2.45) is 5.92 Å². The lowest BCUT2D eigenvalue weighted by molar-refractivity contribution is -0.133. The third kappa shape index (κ3) is 1.85. The molecule has 1 nitrogen and oxygen atoms in total. The molecule has 4 heteroatoms. The number of hydrogen-bond donors (Lipinski definition) is 1. The second kappa shape index (κ2) is 3.27. The molecule has 2 unspecified atom stereocenters. The average Bonchev–Trinajstić information content (AvgIpc) is 2.37. The van der Waals surface area contributed by atoms with Gasteiger partial charge in [0, 0.05) is 11.7 Å². The predicted octanol–water partition coefficient (Wildman–Crippen LogP) is 1.76. The summed E-state index contributed by atoms with van der Waals surface area (Å²) >= 11 is 1.54. The molecule has 1 fully saturated rings. The van der Waals surface area contributed by atoms with Gasteiger partial charge in [0.15, 0.2) is 0 Å². The van der Waals surface area contributed by atoms with Crippen molar-refractivity contribution >= 4 is 11.8 Å². The Hall–Kier alpha value is 0.170. The van der Waals surface area contributed by atoms with Crippen molar-refractivity contribution < 1.29 is 13.9 Å². The van der Waals surface area contributed by atoms with Crippen LogP contribution < -0.4 is 0 Å². The van der Waals surface area contributed by atoms with Crippen LogP contribution in [0.15, 0.2) is 0 Å². The van der Waals surface area contributed by atoms with Crippen molar-refractivity contribution in [3.05, 3.63) is 0 Å². The fourth-order valence-corrected chi connectivity index (χ4v) is 2.47. The quantitative estimate of drug-likeness (QED) is 0.702. The Morgan fingerprint density at radius 2 is 2.27 bits per heavy atom. The molecule has 1 aliphatic heterocycles. The van der Waals surface area contributed by atoms with Crippen LogP contribution >= 0.6 is 11.8 Å². The van der Waals surface area contributed by atoms with Gasteiger partial charge in [0.2, 0.25) is 0 Å². The van der Waals surface area contributed by atoms with Crippen molar-refractivity contribution in [1.82, 2.24) is 0 Å². The molecule has 1 N–H and O–H groups in total. The van der Waals surface area contributed by atoms with Crippen LogP contribution in [0.3, 0.4) is 0 Å². The molecule has 0 amide bonds. The topological polar surface area (TPSA) is 20.2 Å². The van der Waals surface area contributed by atoms with E-state index in [0.717, 1.165) is 12.7 Å². The molecule has 0 spiro atoms. The van der Waals surface area contributed by atoms with E-state index in [9.17, 15) is 8.78 Å². The highest BCUT2D eigenvalue weighted by Gasteiger charge is 2.45. The Bertz CT molecular complexity index is 132. The van der Waals surface area contributed by atoms with Gasteiger partial charge in [-0.3, -0.25) is 0 Å². The standard InChI is InChI=1S/C7H12F2OS/c1-5(10)7(8,9)6-2-3-11-4-6/h5-6,10H,2-4H2,1H3. The van der Waals surface area contributed by atoms with Crippen molar-refractivity contribution in [3.63, 3.8) is 0 Å². The first-order chi connectivity index (χ1) is 5.05. The first kappa shape index (κ1) is 9.26. The van der Waals surface area contributed by atoms with Crippen molar-refractivity contribution in [2.45, 2.75) is 25.4 Å². The summed E-state index contributed by atoms with van der Waals surface area (Å²) in [7, 11) is 0. The SMILES string of the molecule is CC(O)C(F)(F)C1CCSC1. The number of aliphatic hydroxyl groups excluding tert-OH is 1. The summed E-state index contributed by atoms with van der Waals surface area (Å²) in [6, 6.07) is 0. The van der Waals surface area contributed by atoms with Gasteiger partial charge in [-0.15, -0.1) is 0 Å². The van der Waals surface area contributed by atoms with Crippen LogP contribution in [0.2, 0.25) is 0 Å². The molecule has 0 radical (unpaired) electrons. The van der Waals surface area contributed by atoms with Gasteiger partial charge in [0.05, 0.1) is 0 Å². The van der Waals surface area contributed by atoms with E-state index >= 15 is 0 Å². The van der Waals surface area contributed by atoms with Crippen LogP contribution in [-0.2, 0) is 0 Å². The lowest BCUT2D eigenvalue weighted by Gasteiger charge is -2.24. The summed E-state index contributed by atoms with van der Waals surface area (Å²) in [6.07, 6.45) is -0.978. The maximum absolute atomic E-state index is 13.0. The molecule has 0 aliphatic carbocycles. The minimum absolute atomic E-state index is 0.484. The van der Waals surface area contributed by atoms with E-state index in [2.05, 4.69) is 0 Å². The molecule has 0 bridgehead atoms. The van der Waals surface area contributed by atoms with Gasteiger partial charge >= 0.3 is 0 Å². The largest absolute Gasteiger partial charge is 0.387 e. The van der Waals surface area contributed by atoms with E-state index < -0.39 is 17.9 Å². The molecule has 0 saturated carbocycles. The Morgan fingerprint density at radius 3 is 2.64 bits per heavy atom. The summed E-state index contributed by atoms with van der Waals surface area (Å²) < 4.78 is 26.0. The van der Waals surface area contributed by atoms with E-state index in [4.69, 9.17) is 5.11 Å². The zero-order valence-corrected chi connectivity index (χ0v) is 7.20. The summed E-state index contributed by atoms with van der Waals surface area (Å²) in [5.74, 6) is -2.22. The second-order valence-electron chi connectivity index (χ2n) is 2.91. The van der Waals surface area contributed by atoms with Crippen LogP contribution in [0, 0.1) is 5.92 Å². The molecule has 1 saturated heterocycles. The molecule has 0 aromatic heterocycles. The van der Waals surface area contributed by atoms with Gasteiger partial charge in [-0.1, -0.05) is 0 Å². The fourth-order valence-electron chi connectivity index (χ4n) is 1.18. The molecule has 1 heterocycles. The highest BCUT2D eigenvalue weighted by Crippen LogP contribution is 2.38. The molecule has 2 atom stereocenters. The van der Waals surface area contributed by atoms with Crippen LogP contribution in [-0.4, -0.2) is 28.6 Å². The smallest absolute Gasteiger partial charge is 0.276 e. The van der Waals surface area contributed by atoms with Crippen LogP contribution in [0.1, 0.15) is 13.3 Å². The average molecular weight is 182 g/mol. The Morgan fingerprint density at radius 1 is 1.64 bits per heavy atom. The Labute approximate surface area is 69.2 Å². The monoisotopic (exact) mass is 182 g/mol. The number of halogens is 2. The van der Waals surface area contributed by atoms with Crippen LogP contribution in [0.4, 0.5) is 8.78 Å². The van der Waals surface area contributed by atoms with Crippen molar-refractivity contribution in [1.29, 1.82) is 0 Å². The molecule has 66 valence electrons. The number of rotatable bonds is 2. The molecular weight excluding hydrogens is 170 g/mol. The maximum atomic E-state index is 13.0. The summed E-state index contributed by atoms with van der Waals surface area (Å²) in [6.45, 7) is 1.16. The highest BCUT2D eigenvalue weighted by atomic mass is 32.2. The minimum atomic E-state index is -2.89. The third-order valence-electron chi connectivity index (χ3n) is 2.03. The predicted molar refractivity (Wildman–Crippen MR) is 42.1 cm³/mol. The summed E-state index contributed by atoms with van der Waals surface area (Å²) in [5.41, 5.74) is 0. The normalized spacial score (nSPS) is 28.9. The Balaban J connectivity index is 2.55. The molecule has 1 rings (SSSR count). The van der Waals surface area contributed by atoms with Gasteiger partial charge in [-0.25, -0.2) is 8.78 Å². The number of aliphatic hydroxyl groups is 1. The Kier molecular flexibility index (Phi) is 2.75. The zero-order chi connectivity index (χ0) is 8.48. The van der Waals surface area contributed by atoms with Crippen LogP contribution in [0.5, 0.6) is 0 Å². The van der Waals surface area contributed by atoms with Crippen molar-refractivity contribution in [2.75, 3.05) is 11.5 Å². The summed E-state index contributed by atoms with van der Waals surface area (Å²) in [4.78, 5) is 0.